The Kier molecular flexibility index (Phi) is 6.31. The summed E-state index contributed by atoms with van der Waals surface area (Å²) in [5, 5.41) is 15.8. The normalized spacial score (nSPS) is 18.6. The number of nitrogens with zero attached hydrogens (tertiary/aromatic N) is 5. The number of amides is 2. The van der Waals surface area contributed by atoms with Crippen LogP contribution in [0.25, 0.3) is 5.69 Å². The minimum absolute atomic E-state index is 0.112. The van der Waals surface area contributed by atoms with Gasteiger partial charge in [0.15, 0.2) is 0 Å². The highest BCUT2D eigenvalue weighted by molar-refractivity contribution is 6.00. The highest BCUT2D eigenvalue weighted by Crippen LogP contribution is 2.43. The van der Waals surface area contributed by atoms with Crippen molar-refractivity contribution in [3.8, 4) is 11.4 Å². The van der Waals surface area contributed by atoms with Gasteiger partial charge in [0.1, 0.15) is 17.1 Å². The van der Waals surface area contributed by atoms with Gasteiger partial charge in [-0.2, -0.15) is 18.3 Å². The summed E-state index contributed by atoms with van der Waals surface area (Å²) in [6.45, 7) is 5.45. The first-order valence-electron chi connectivity index (χ1n) is 13.5. The van der Waals surface area contributed by atoms with Gasteiger partial charge in [0.05, 0.1) is 28.7 Å². The second-order valence-electron chi connectivity index (χ2n) is 10.8. The Hall–Kier alpha value is -4.35. The lowest BCUT2D eigenvalue weighted by Crippen LogP contribution is -2.46. The number of halogens is 3. The molecular formula is C29H29F3N6O3. The van der Waals surface area contributed by atoms with Gasteiger partial charge >= 0.3 is 6.18 Å². The third-order valence-corrected chi connectivity index (χ3v) is 8.30. The lowest BCUT2D eigenvalue weighted by molar-refractivity contribution is -0.141. The standard InChI is InChI=1S/C29H29F3N6O3/c1-3-24(40)36-10-8-19-25-21(38(35-19)20-7-6-17(12-23(20)39)16-4-5-16)9-11-37(22(25)14-36)28(41)18-13-34-27(29(30,31)32)15(2)26(18)33/h3,6-7,12-13,16,22,39H,1,4-5,8-11,14H2,2H3,(H2,33,34). The van der Waals surface area contributed by atoms with E-state index in [-0.39, 0.29) is 41.6 Å². The molecule has 3 N–H and O–H groups in total. The van der Waals surface area contributed by atoms with Crippen molar-refractivity contribution in [1.82, 2.24) is 24.6 Å². The number of aromatic hydroxyl groups is 1. The molecule has 0 bridgehead atoms. The molecule has 1 unspecified atom stereocenters. The van der Waals surface area contributed by atoms with E-state index in [0.717, 1.165) is 35.9 Å². The Bertz CT molecular complexity index is 1590. The molecule has 0 radical (unpaired) electrons. The van der Waals surface area contributed by atoms with Crippen LogP contribution in [0.2, 0.25) is 0 Å². The number of alkyl halides is 3. The average Bonchev–Trinajstić information content (AvgIpc) is 3.74. The summed E-state index contributed by atoms with van der Waals surface area (Å²) in [5.41, 5.74) is 8.07. The summed E-state index contributed by atoms with van der Waals surface area (Å²) in [4.78, 5) is 33.2. The summed E-state index contributed by atoms with van der Waals surface area (Å²) in [6.07, 6.45) is 0.358. The van der Waals surface area contributed by atoms with E-state index in [0.29, 0.717) is 36.7 Å². The third kappa shape index (κ3) is 4.51. The molecule has 3 aliphatic rings. The fraction of sp³-hybridized carbons (Fsp3) is 0.379. The molecule has 2 amide bonds. The first-order chi connectivity index (χ1) is 19.5. The molecule has 1 fully saturated rings. The number of aromatic nitrogens is 3. The maximum Gasteiger partial charge on any atom is 0.433 e. The zero-order valence-corrected chi connectivity index (χ0v) is 22.4. The van der Waals surface area contributed by atoms with Crippen LogP contribution in [-0.2, 0) is 23.8 Å². The number of nitrogen functional groups attached to an aromatic ring is 1. The van der Waals surface area contributed by atoms with Crippen LogP contribution in [-0.4, -0.2) is 61.1 Å². The van der Waals surface area contributed by atoms with Crippen LogP contribution in [0, 0.1) is 6.92 Å². The molecule has 12 heteroatoms. The van der Waals surface area contributed by atoms with E-state index in [1.165, 1.54) is 17.9 Å². The van der Waals surface area contributed by atoms with Crippen LogP contribution in [0.3, 0.4) is 0 Å². The number of pyridine rings is 1. The number of hydrogen-bond acceptors (Lipinski definition) is 6. The minimum atomic E-state index is -4.71. The predicted molar refractivity (Wildman–Crippen MR) is 144 cm³/mol. The van der Waals surface area contributed by atoms with Crippen LogP contribution < -0.4 is 5.73 Å². The van der Waals surface area contributed by atoms with Gasteiger partial charge in [-0.15, -0.1) is 0 Å². The first kappa shape index (κ1) is 26.9. The summed E-state index contributed by atoms with van der Waals surface area (Å²) >= 11 is 0. The van der Waals surface area contributed by atoms with Crippen molar-refractivity contribution < 1.29 is 27.9 Å². The number of rotatable bonds is 4. The Labute approximate surface area is 234 Å². The number of nitrogens with two attached hydrogens (primary N) is 1. The second-order valence-corrected chi connectivity index (χ2v) is 10.8. The van der Waals surface area contributed by atoms with E-state index < -0.39 is 23.8 Å². The molecule has 0 spiro atoms. The maximum atomic E-state index is 13.9. The van der Waals surface area contributed by atoms with Crippen molar-refractivity contribution in [2.24, 2.45) is 0 Å². The van der Waals surface area contributed by atoms with Crippen molar-refractivity contribution in [3.05, 3.63) is 76.4 Å². The quantitative estimate of drug-likeness (QED) is 0.460. The van der Waals surface area contributed by atoms with Crippen LogP contribution >= 0.6 is 0 Å². The Balaban J connectivity index is 1.42. The fourth-order valence-electron chi connectivity index (χ4n) is 5.99. The van der Waals surface area contributed by atoms with Crippen molar-refractivity contribution >= 4 is 17.5 Å². The van der Waals surface area contributed by atoms with Gasteiger partial charge in [-0.3, -0.25) is 14.6 Å². The number of carbonyl (C=O) groups excluding carboxylic acids is 2. The monoisotopic (exact) mass is 566 g/mol. The second kappa shape index (κ2) is 9.64. The average molecular weight is 567 g/mol. The largest absolute Gasteiger partial charge is 0.506 e. The third-order valence-electron chi connectivity index (χ3n) is 8.30. The Morgan fingerprint density at radius 1 is 1.20 bits per heavy atom. The molecular weight excluding hydrogens is 537 g/mol. The zero-order chi connectivity index (χ0) is 29.2. The van der Waals surface area contributed by atoms with Gasteiger partial charge in [0.25, 0.3) is 5.91 Å². The number of carbonyl (C=O) groups is 2. The molecule has 1 saturated carbocycles. The molecule has 3 aromatic rings. The van der Waals surface area contributed by atoms with Crippen molar-refractivity contribution in [2.75, 3.05) is 25.4 Å². The van der Waals surface area contributed by atoms with Gasteiger partial charge in [-0.05, 0) is 49.5 Å². The molecule has 9 nitrogen and oxygen atoms in total. The molecule has 0 saturated heterocycles. The number of anilines is 1. The Morgan fingerprint density at radius 3 is 2.61 bits per heavy atom. The molecule has 214 valence electrons. The van der Waals surface area contributed by atoms with Gasteiger partial charge in [0, 0.05) is 49.8 Å². The zero-order valence-electron chi connectivity index (χ0n) is 22.4. The van der Waals surface area contributed by atoms with Crippen molar-refractivity contribution in [3.63, 3.8) is 0 Å². The number of phenolic OH excluding ortho intramolecular Hbond substituents is 1. The van der Waals surface area contributed by atoms with Gasteiger partial charge in [-0.25, -0.2) is 4.68 Å². The predicted octanol–water partition coefficient (Wildman–Crippen LogP) is 4.07. The number of hydrogen-bond donors (Lipinski definition) is 2. The molecule has 6 rings (SSSR count). The SMILES string of the molecule is C=CC(=O)N1CCc2nn(-c3ccc(C4CC4)cc3O)c3c2C(C1)N(C(=O)c1cnc(C(F)(F)F)c(C)c1N)CC3. The summed E-state index contributed by atoms with van der Waals surface area (Å²) in [6, 6.07) is 4.98. The molecule has 4 heterocycles. The highest BCUT2D eigenvalue weighted by atomic mass is 19.4. The first-order valence-corrected chi connectivity index (χ1v) is 13.5. The summed E-state index contributed by atoms with van der Waals surface area (Å²) in [5.74, 6) is -0.301. The molecule has 2 aliphatic heterocycles. The molecule has 1 atom stereocenters. The van der Waals surface area contributed by atoms with Crippen LogP contribution in [0.4, 0.5) is 18.9 Å². The van der Waals surface area contributed by atoms with E-state index in [2.05, 4.69) is 11.6 Å². The molecule has 41 heavy (non-hydrogen) atoms. The van der Waals surface area contributed by atoms with Gasteiger partial charge in [-0.1, -0.05) is 12.6 Å². The minimum Gasteiger partial charge on any atom is -0.506 e. The topological polar surface area (TPSA) is 118 Å². The molecule has 1 aliphatic carbocycles. The lowest BCUT2D eigenvalue weighted by atomic mass is 9.94. The van der Waals surface area contributed by atoms with E-state index in [4.69, 9.17) is 10.8 Å². The lowest BCUT2D eigenvalue weighted by Gasteiger charge is -2.38. The van der Waals surface area contributed by atoms with Crippen molar-refractivity contribution in [1.29, 1.82) is 0 Å². The van der Waals surface area contributed by atoms with E-state index in [9.17, 15) is 27.9 Å². The number of benzene rings is 1. The highest BCUT2D eigenvalue weighted by Gasteiger charge is 2.42. The van der Waals surface area contributed by atoms with E-state index >= 15 is 0 Å². The summed E-state index contributed by atoms with van der Waals surface area (Å²) in [7, 11) is 0. The Morgan fingerprint density at radius 2 is 1.95 bits per heavy atom. The van der Waals surface area contributed by atoms with Gasteiger partial charge < -0.3 is 20.6 Å². The van der Waals surface area contributed by atoms with Crippen LogP contribution in [0.1, 0.15) is 68.9 Å². The summed E-state index contributed by atoms with van der Waals surface area (Å²) < 4.78 is 41.9. The van der Waals surface area contributed by atoms with Crippen LogP contribution in [0.5, 0.6) is 5.75 Å². The number of phenols is 1. The smallest absolute Gasteiger partial charge is 0.433 e. The maximum absolute atomic E-state index is 13.9. The van der Waals surface area contributed by atoms with Crippen molar-refractivity contribution in [2.45, 2.75) is 50.7 Å². The van der Waals surface area contributed by atoms with E-state index in [1.54, 1.807) is 15.6 Å². The van der Waals surface area contributed by atoms with E-state index in [1.807, 2.05) is 12.1 Å². The molecule has 2 aromatic heterocycles. The van der Waals surface area contributed by atoms with Gasteiger partial charge in [0.2, 0.25) is 5.91 Å². The molecule has 1 aromatic carbocycles. The van der Waals surface area contributed by atoms with Crippen LogP contribution in [0.15, 0.2) is 37.1 Å². The fourth-order valence-corrected chi connectivity index (χ4v) is 5.99.